The van der Waals surface area contributed by atoms with E-state index in [0.717, 1.165) is 0 Å². The van der Waals surface area contributed by atoms with Crippen LogP contribution in [0.3, 0.4) is 0 Å². The van der Waals surface area contributed by atoms with Crippen LogP contribution in [0.1, 0.15) is 23.6 Å². The Morgan fingerprint density at radius 2 is 2.14 bits per heavy atom. The molecular formula is C8H6Cl2N2O2. The van der Waals surface area contributed by atoms with Gasteiger partial charge in [0.1, 0.15) is 5.15 Å². The Kier molecular flexibility index (Phi) is 2.33. The number of nitrogens with zero attached hydrogens (tertiary/aromatic N) is 2. The van der Waals surface area contributed by atoms with Crippen LogP contribution in [0.5, 0.6) is 0 Å². The molecule has 1 unspecified atom stereocenters. The third-order valence-electron chi connectivity index (χ3n) is 2.27. The topological polar surface area (TPSA) is 63.1 Å². The van der Waals surface area contributed by atoms with E-state index in [4.69, 9.17) is 28.3 Å². The van der Waals surface area contributed by atoms with Crippen molar-refractivity contribution in [1.82, 2.24) is 9.97 Å². The molecule has 4 nitrogen and oxygen atoms in total. The van der Waals surface area contributed by atoms with Gasteiger partial charge in [0, 0.05) is 5.56 Å². The van der Waals surface area contributed by atoms with Crippen LogP contribution in [-0.2, 0) is 11.2 Å². The van der Waals surface area contributed by atoms with Gasteiger partial charge in [-0.15, -0.1) is 0 Å². The summed E-state index contributed by atoms with van der Waals surface area (Å²) in [6.07, 6.45) is 1.11. The minimum Gasteiger partial charge on any atom is -0.481 e. The van der Waals surface area contributed by atoms with E-state index in [-0.39, 0.29) is 10.4 Å². The molecule has 0 fully saturated rings. The van der Waals surface area contributed by atoms with Crippen molar-refractivity contribution in [2.75, 3.05) is 0 Å². The monoisotopic (exact) mass is 232 g/mol. The van der Waals surface area contributed by atoms with Crippen LogP contribution in [-0.4, -0.2) is 21.0 Å². The maximum Gasteiger partial charge on any atom is 0.312 e. The number of hydrogen-bond donors (Lipinski definition) is 1. The summed E-state index contributed by atoms with van der Waals surface area (Å²) in [5.41, 5.74) is 1.17. The van der Waals surface area contributed by atoms with Crippen molar-refractivity contribution in [1.29, 1.82) is 0 Å². The number of aromatic nitrogens is 2. The van der Waals surface area contributed by atoms with Gasteiger partial charge < -0.3 is 5.11 Å². The average Bonchev–Trinajstić information content (AvgIpc) is 2.47. The molecule has 74 valence electrons. The molecule has 14 heavy (non-hydrogen) atoms. The summed E-state index contributed by atoms with van der Waals surface area (Å²) in [7, 11) is 0. The van der Waals surface area contributed by atoms with Crippen LogP contribution < -0.4 is 0 Å². The highest BCUT2D eigenvalue weighted by molar-refractivity contribution is 6.32. The van der Waals surface area contributed by atoms with Gasteiger partial charge in [-0.1, -0.05) is 11.6 Å². The second-order valence-corrected chi connectivity index (χ2v) is 3.77. The van der Waals surface area contributed by atoms with Crippen LogP contribution in [0.4, 0.5) is 0 Å². The molecule has 0 bridgehead atoms. The molecule has 0 saturated carbocycles. The van der Waals surface area contributed by atoms with Gasteiger partial charge >= 0.3 is 5.97 Å². The highest BCUT2D eigenvalue weighted by atomic mass is 35.5. The fourth-order valence-corrected chi connectivity index (χ4v) is 2.12. The van der Waals surface area contributed by atoms with Crippen molar-refractivity contribution in [2.24, 2.45) is 0 Å². The van der Waals surface area contributed by atoms with E-state index in [9.17, 15) is 4.79 Å². The Morgan fingerprint density at radius 3 is 2.79 bits per heavy atom. The van der Waals surface area contributed by atoms with Crippen molar-refractivity contribution in [3.63, 3.8) is 0 Å². The van der Waals surface area contributed by atoms with E-state index in [2.05, 4.69) is 9.97 Å². The predicted molar refractivity (Wildman–Crippen MR) is 50.7 cm³/mol. The summed E-state index contributed by atoms with van der Waals surface area (Å²) in [6, 6.07) is 0. The Hall–Kier alpha value is -0.870. The lowest BCUT2D eigenvalue weighted by atomic mass is 10.1. The molecule has 0 radical (unpaired) electrons. The molecule has 0 saturated heterocycles. The Labute approximate surface area is 89.9 Å². The summed E-state index contributed by atoms with van der Waals surface area (Å²) in [4.78, 5) is 18.5. The van der Waals surface area contributed by atoms with Gasteiger partial charge in [-0.25, -0.2) is 9.97 Å². The Balaban J connectivity index is 2.54. The molecule has 0 aliphatic heterocycles. The zero-order valence-electron chi connectivity index (χ0n) is 7.00. The van der Waals surface area contributed by atoms with Crippen molar-refractivity contribution >= 4 is 29.2 Å². The molecule has 1 heterocycles. The maximum absolute atomic E-state index is 10.8. The average molecular weight is 233 g/mol. The minimum absolute atomic E-state index is 0.00176. The van der Waals surface area contributed by atoms with Crippen molar-refractivity contribution < 1.29 is 9.90 Å². The number of aliphatic carboxylic acids is 1. The predicted octanol–water partition coefficient (Wildman–Crippen LogP) is 1.90. The van der Waals surface area contributed by atoms with Gasteiger partial charge in [0.25, 0.3) is 0 Å². The van der Waals surface area contributed by atoms with E-state index in [1.165, 1.54) is 0 Å². The molecule has 0 amide bonds. The molecule has 1 atom stereocenters. The first-order valence-electron chi connectivity index (χ1n) is 4.04. The van der Waals surface area contributed by atoms with E-state index in [1.54, 1.807) is 0 Å². The van der Waals surface area contributed by atoms with Crippen LogP contribution in [0.15, 0.2) is 0 Å². The zero-order valence-corrected chi connectivity index (χ0v) is 8.51. The van der Waals surface area contributed by atoms with Gasteiger partial charge in [-0.05, 0) is 24.4 Å². The number of carboxylic acids is 1. The van der Waals surface area contributed by atoms with E-state index in [0.29, 0.717) is 24.1 Å². The third kappa shape index (κ3) is 1.44. The lowest BCUT2D eigenvalue weighted by Crippen LogP contribution is -2.09. The quantitative estimate of drug-likeness (QED) is 0.594. The van der Waals surface area contributed by atoms with Crippen molar-refractivity contribution in [2.45, 2.75) is 18.8 Å². The van der Waals surface area contributed by atoms with Gasteiger partial charge in [-0.2, -0.15) is 0 Å². The second kappa shape index (κ2) is 3.37. The SMILES string of the molecule is O=C(O)C1CCc2c(Cl)nc(Cl)nc21. The molecule has 0 spiro atoms. The molecule has 1 aliphatic carbocycles. The van der Waals surface area contributed by atoms with E-state index < -0.39 is 11.9 Å². The zero-order chi connectivity index (χ0) is 10.3. The smallest absolute Gasteiger partial charge is 0.312 e. The molecule has 1 N–H and O–H groups in total. The largest absolute Gasteiger partial charge is 0.481 e. The van der Waals surface area contributed by atoms with Crippen LogP contribution in [0.25, 0.3) is 0 Å². The standard InChI is InChI=1S/C8H6Cl2N2O2/c9-6-3-1-2-4(7(13)14)5(3)11-8(10)12-6/h4H,1-2H2,(H,13,14). The normalized spacial score (nSPS) is 19.4. The fraction of sp³-hybridized carbons (Fsp3) is 0.375. The molecule has 6 heteroatoms. The first-order valence-corrected chi connectivity index (χ1v) is 4.80. The summed E-state index contributed by atoms with van der Waals surface area (Å²) in [6.45, 7) is 0. The summed E-state index contributed by atoms with van der Waals surface area (Å²) in [5.74, 6) is -1.49. The van der Waals surface area contributed by atoms with E-state index >= 15 is 0 Å². The molecule has 0 aromatic carbocycles. The number of hydrogen-bond acceptors (Lipinski definition) is 3. The lowest BCUT2D eigenvalue weighted by molar-refractivity contribution is -0.138. The van der Waals surface area contributed by atoms with Gasteiger partial charge in [0.2, 0.25) is 5.28 Å². The van der Waals surface area contributed by atoms with E-state index in [1.807, 2.05) is 0 Å². The molecule has 2 rings (SSSR count). The first-order chi connectivity index (χ1) is 6.59. The Bertz CT molecular complexity index is 409. The number of carbonyl (C=O) groups is 1. The van der Waals surface area contributed by atoms with Gasteiger partial charge in [0.05, 0.1) is 11.6 Å². The number of fused-ring (bicyclic) bond motifs is 1. The first kappa shape index (κ1) is 9.68. The maximum atomic E-state index is 10.8. The number of rotatable bonds is 1. The number of halogens is 2. The van der Waals surface area contributed by atoms with Crippen LogP contribution in [0.2, 0.25) is 10.4 Å². The van der Waals surface area contributed by atoms with Crippen molar-refractivity contribution in [3.8, 4) is 0 Å². The fourth-order valence-electron chi connectivity index (χ4n) is 1.63. The molecular weight excluding hydrogens is 227 g/mol. The highest BCUT2D eigenvalue weighted by Crippen LogP contribution is 2.35. The van der Waals surface area contributed by atoms with Crippen LogP contribution >= 0.6 is 23.2 Å². The summed E-state index contributed by atoms with van der Waals surface area (Å²) in [5, 5.41) is 9.16. The van der Waals surface area contributed by atoms with Crippen LogP contribution in [0, 0.1) is 0 Å². The van der Waals surface area contributed by atoms with Gasteiger partial charge in [-0.3, -0.25) is 4.79 Å². The molecule has 1 aliphatic rings. The summed E-state index contributed by atoms with van der Waals surface area (Å²) >= 11 is 11.4. The minimum atomic E-state index is -0.894. The van der Waals surface area contributed by atoms with Gasteiger partial charge in [0.15, 0.2) is 0 Å². The highest BCUT2D eigenvalue weighted by Gasteiger charge is 2.32. The molecule has 1 aromatic rings. The van der Waals surface area contributed by atoms with Crippen molar-refractivity contribution in [3.05, 3.63) is 21.7 Å². The Morgan fingerprint density at radius 1 is 1.43 bits per heavy atom. The lowest BCUT2D eigenvalue weighted by Gasteiger charge is -2.04. The second-order valence-electron chi connectivity index (χ2n) is 3.08. The number of carboxylic acid groups (broad SMARTS) is 1. The molecule has 1 aromatic heterocycles. The third-order valence-corrected chi connectivity index (χ3v) is 2.75. The summed E-state index contributed by atoms with van der Waals surface area (Å²) < 4.78 is 0.